The Morgan fingerprint density at radius 1 is 1.00 bits per heavy atom. The van der Waals surface area contributed by atoms with E-state index in [1.165, 1.54) is 6.92 Å². The normalized spacial score (nSPS) is 11.0. The zero-order valence-corrected chi connectivity index (χ0v) is 14.8. The monoisotopic (exact) mass is 348 g/mol. The molecule has 128 valence electrons. The van der Waals surface area contributed by atoms with Crippen LogP contribution in [0.1, 0.15) is 18.1 Å². The molecule has 0 aliphatic rings. The molecule has 0 radical (unpaired) electrons. The second-order valence-electron chi connectivity index (χ2n) is 5.45. The van der Waals surface area contributed by atoms with Gasteiger partial charge in [-0.1, -0.05) is 0 Å². The summed E-state index contributed by atoms with van der Waals surface area (Å²) in [5.74, 6) is 0.436. The second-order valence-corrected chi connectivity index (χ2v) is 7.07. The summed E-state index contributed by atoms with van der Waals surface area (Å²) in [6.07, 6.45) is 0. The lowest BCUT2D eigenvalue weighted by Gasteiger charge is -2.15. The SMILES string of the molecule is COc1ccc(NS(=O)(=O)c2c(C)cc(NC(C)=O)cc2C)cc1. The minimum atomic E-state index is -3.74. The van der Waals surface area contributed by atoms with E-state index in [0.717, 1.165) is 0 Å². The van der Waals surface area contributed by atoms with Crippen LogP contribution in [0.4, 0.5) is 11.4 Å². The third-order valence-electron chi connectivity index (χ3n) is 3.39. The van der Waals surface area contributed by atoms with Crippen LogP contribution in [-0.2, 0) is 14.8 Å². The van der Waals surface area contributed by atoms with E-state index in [0.29, 0.717) is 28.3 Å². The predicted molar refractivity (Wildman–Crippen MR) is 94.0 cm³/mol. The Hall–Kier alpha value is -2.54. The molecule has 24 heavy (non-hydrogen) atoms. The highest BCUT2D eigenvalue weighted by molar-refractivity contribution is 7.92. The van der Waals surface area contributed by atoms with E-state index in [2.05, 4.69) is 10.0 Å². The van der Waals surface area contributed by atoms with Crippen molar-refractivity contribution < 1.29 is 17.9 Å². The standard InChI is InChI=1S/C17H20N2O4S/c1-11-9-15(18-13(3)20)10-12(2)17(11)24(21,22)19-14-5-7-16(23-4)8-6-14/h5-10,19H,1-4H3,(H,18,20). The molecular formula is C17H20N2O4S. The number of hydrogen-bond acceptors (Lipinski definition) is 4. The number of nitrogens with one attached hydrogen (secondary N) is 2. The van der Waals surface area contributed by atoms with Gasteiger partial charge in [-0.2, -0.15) is 0 Å². The van der Waals surface area contributed by atoms with Crippen molar-refractivity contribution in [2.75, 3.05) is 17.1 Å². The Morgan fingerprint density at radius 3 is 2.00 bits per heavy atom. The van der Waals surface area contributed by atoms with Crippen molar-refractivity contribution in [3.63, 3.8) is 0 Å². The minimum absolute atomic E-state index is 0.201. The number of aryl methyl sites for hydroxylation is 2. The number of carbonyl (C=O) groups is 1. The van der Waals surface area contributed by atoms with Crippen molar-refractivity contribution in [3.8, 4) is 5.75 Å². The maximum atomic E-state index is 12.7. The summed E-state index contributed by atoms with van der Waals surface area (Å²) < 4.78 is 33.0. The zero-order chi connectivity index (χ0) is 17.9. The molecule has 2 aromatic carbocycles. The van der Waals surface area contributed by atoms with Crippen LogP contribution in [0.3, 0.4) is 0 Å². The smallest absolute Gasteiger partial charge is 0.262 e. The van der Waals surface area contributed by atoms with Gasteiger partial charge in [0.2, 0.25) is 5.91 Å². The molecule has 0 aromatic heterocycles. The van der Waals surface area contributed by atoms with Gasteiger partial charge >= 0.3 is 0 Å². The van der Waals surface area contributed by atoms with Crippen LogP contribution in [0.2, 0.25) is 0 Å². The molecule has 0 unspecified atom stereocenters. The molecule has 2 rings (SSSR count). The molecule has 0 heterocycles. The fourth-order valence-electron chi connectivity index (χ4n) is 2.51. The Bertz CT molecular complexity index is 836. The van der Waals surface area contributed by atoms with Gasteiger partial charge in [0.25, 0.3) is 10.0 Å². The molecule has 2 N–H and O–H groups in total. The van der Waals surface area contributed by atoms with E-state index in [1.54, 1.807) is 57.4 Å². The van der Waals surface area contributed by atoms with Crippen molar-refractivity contribution in [2.24, 2.45) is 0 Å². The third kappa shape index (κ3) is 4.05. The second kappa shape index (κ2) is 6.92. The third-order valence-corrected chi connectivity index (χ3v) is 5.08. The lowest BCUT2D eigenvalue weighted by atomic mass is 10.1. The Labute approximate surface area is 141 Å². The van der Waals surface area contributed by atoms with Crippen molar-refractivity contribution in [1.82, 2.24) is 0 Å². The lowest BCUT2D eigenvalue weighted by Crippen LogP contribution is -2.16. The number of ether oxygens (including phenoxy) is 1. The van der Waals surface area contributed by atoms with Crippen LogP contribution < -0.4 is 14.8 Å². The van der Waals surface area contributed by atoms with E-state index in [1.807, 2.05) is 0 Å². The highest BCUT2D eigenvalue weighted by Gasteiger charge is 2.20. The van der Waals surface area contributed by atoms with Crippen molar-refractivity contribution in [2.45, 2.75) is 25.7 Å². The number of anilines is 2. The number of rotatable bonds is 5. The first-order chi connectivity index (χ1) is 11.2. The van der Waals surface area contributed by atoms with E-state index < -0.39 is 10.0 Å². The summed E-state index contributed by atoms with van der Waals surface area (Å²) in [6, 6.07) is 9.89. The molecule has 0 spiro atoms. The molecule has 6 nitrogen and oxygen atoms in total. The molecule has 0 bridgehead atoms. The van der Waals surface area contributed by atoms with Crippen molar-refractivity contribution in [1.29, 1.82) is 0 Å². The number of amides is 1. The van der Waals surface area contributed by atoms with E-state index >= 15 is 0 Å². The van der Waals surface area contributed by atoms with Crippen LogP contribution >= 0.6 is 0 Å². The quantitative estimate of drug-likeness (QED) is 0.870. The van der Waals surface area contributed by atoms with Crippen molar-refractivity contribution in [3.05, 3.63) is 47.5 Å². The topological polar surface area (TPSA) is 84.5 Å². The highest BCUT2D eigenvalue weighted by atomic mass is 32.2. The van der Waals surface area contributed by atoms with E-state index in [4.69, 9.17) is 4.74 Å². The molecule has 0 fully saturated rings. The molecular weight excluding hydrogens is 328 g/mol. The first-order valence-corrected chi connectivity index (χ1v) is 8.77. The molecule has 2 aromatic rings. The highest BCUT2D eigenvalue weighted by Crippen LogP contribution is 2.27. The summed E-state index contributed by atoms with van der Waals surface area (Å²) >= 11 is 0. The number of carbonyl (C=O) groups excluding carboxylic acids is 1. The lowest BCUT2D eigenvalue weighted by molar-refractivity contribution is -0.114. The van der Waals surface area contributed by atoms with Gasteiger partial charge in [-0.05, 0) is 61.4 Å². The van der Waals surface area contributed by atoms with Gasteiger partial charge < -0.3 is 10.1 Å². The molecule has 0 saturated carbocycles. The van der Waals surface area contributed by atoms with Gasteiger partial charge in [0.1, 0.15) is 5.75 Å². The van der Waals surface area contributed by atoms with Crippen LogP contribution in [0.15, 0.2) is 41.3 Å². The van der Waals surface area contributed by atoms with Crippen molar-refractivity contribution >= 4 is 27.3 Å². The first-order valence-electron chi connectivity index (χ1n) is 7.28. The van der Waals surface area contributed by atoms with E-state index in [-0.39, 0.29) is 10.8 Å². The summed E-state index contributed by atoms with van der Waals surface area (Å²) in [5, 5.41) is 2.66. The predicted octanol–water partition coefficient (Wildman–Crippen LogP) is 3.07. The van der Waals surface area contributed by atoms with Gasteiger partial charge in [-0.15, -0.1) is 0 Å². The van der Waals surface area contributed by atoms with Gasteiger partial charge in [0.15, 0.2) is 0 Å². The Kier molecular flexibility index (Phi) is 5.14. The number of hydrogen-bond donors (Lipinski definition) is 2. The van der Waals surface area contributed by atoms with Gasteiger partial charge in [-0.3, -0.25) is 9.52 Å². The summed E-state index contributed by atoms with van der Waals surface area (Å²) in [6.45, 7) is 4.79. The number of methoxy groups -OCH3 is 1. The summed E-state index contributed by atoms with van der Waals surface area (Å²) in [5.41, 5.74) is 2.13. The molecule has 0 aliphatic carbocycles. The maximum absolute atomic E-state index is 12.7. The minimum Gasteiger partial charge on any atom is -0.497 e. The van der Waals surface area contributed by atoms with Gasteiger partial charge in [0.05, 0.1) is 12.0 Å². The Morgan fingerprint density at radius 2 is 1.54 bits per heavy atom. The largest absolute Gasteiger partial charge is 0.497 e. The summed E-state index contributed by atoms with van der Waals surface area (Å²) in [7, 11) is -2.20. The molecule has 1 amide bonds. The molecule has 0 saturated heterocycles. The average Bonchev–Trinajstić information content (AvgIpc) is 2.45. The van der Waals surface area contributed by atoms with Crippen LogP contribution in [0, 0.1) is 13.8 Å². The van der Waals surface area contributed by atoms with Crippen LogP contribution in [0.25, 0.3) is 0 Å². The zero-order valence-electron chi connectivity index (χ0n) is 14.0. The average molecular weight is 348 g/mol. The molecule has 0 atom stereocenters. The number of sulfonamides is 1. The molecule has 7 heteroatoms. The fourth-order valence-corrected chi connectivity index (χ4v) is 4.03. The van der Waals surface area contributed by atoms with Crippen LogP contribution in [0.5, 0.6) is 5.75 Å². The molecule has 0 aliphatic heterocycles. The van der Waals surface area contributed by atoms with Crippen LogP contribution in [-0.4, -0.2) is 21.4 Å². The van der Waals surface area contributed by atoms with E-state index in [9.17, 15) is 13.2 Å². The fraction of sp³-hybridized carbons (Fsp3) is 0.235. The number of benzene rings is 2. The first kappa shape index (κ1) is 17.8. The van der Waals surface area contributed by atoms with Gasteiger partial charge in [-0.25, -0.2) is 8.42 Å². The van der Waals surface area contributed by atoms with Gasteiger partial charge in [0, 0.05) is 18.3 Å². The maximum Gasteiger partial charge on any atom is 0.262 e. The Balaban J connectivity index is 2.36. The summed E-state index contributed by atoms with van der Waals surface area (Å²) in [4.78, 5) is 11.4.